The van der Waals surface area contributed by atoms with Gasteiger partial charge in [0, 0.05) is 24.5 Å². The molecule has 4 rings (SSSR count). The van der Waals surface area contributed by atoms with Gasteiger partial charge in [-0.2, -0.15) is 0 Å². The van der Waals surface area contributed by atoms with Crippen molar-refractivity contribution in [3.63, 3.8) is 0 Å². The van der Waals surface area contributed by atoms with Crippen molar-refractivity contribution in [2.45, 2.75) is 63.1 Å². The number of nitrogens with zero attached hydrogens (tertiary/aromatic N) is 3. The summed E-state index contributed by atoms with van der Waals surface area (Å²) < 4.78 is 1.62. The maximum Gasteiger partial charge on any atom is 0.262 e. The topological polar surface area (TPSA) is 55.2 Å². The summed E-state index contributed by atoms with van der Waals surface area (Å²) in [5.74, 6) is 0.525. The van der Waals surface area contributed by atoms with Crippen LogP contribution in [-0.4, -0.2) is 38.7 Å². The van der Waals surface area contributed by atoms with Crippen molar-refractivity contribution in [3.8, 4) is 0 Å². The van der Waals surface area contributed by atoms with Crippen LogP contribution in [0.25, 0.3) is 10.2 Å². The molecule has 1 saturated heterocycles. The van der Waals surface area contributed by atoms with Gasteiger partial charge in [-0.15, -0.1) is 11.3 Å². The number of aromatic nitrogens is 2. The fourth-order valence-corrected chi connectivity index (χ4v) is 6.36. The van der Waals surface area contributed by atoms with Crippen LogP contribution in [0.1, 0.15) is 49.5 Å². The predicted molar refractivity (Wildman–Crippen MR) is 107 cm³/mol. The Labute approximate surface area is 161 Å². The summed E-state index contributed by atoms with van der Waals surface area (Å²) in [7, 11) is 1.77. The van der Waals surface area contributed by atoms with E-state index in [9.17, 15) is 9.59 Å². The molecule has 7 heteroatoms. The number of hydrogen-bond donors (Lipinski definition) is 0. The lowest BCUT2D eigenvalue weighted by atomic mass is 10.0. The number of piperidine rings is 1. The Morgan fingerprint density at radius 3 is 2.96 bits per heavy atom. The number of thiophene rings is 1. The molecule has 0 N–H and O–H groups in total. The van der Waals surface area contributed by atoms with Crippen molar-refractivity contribution >= 4 is 39.2 Å². The largest absolute Gasteiger partial charge is 0.339 e. The SMILES string of the molecule is CC[C@@H]1CCCCN1C(=O)CSc1nc2sc3c(c2c(=O)n1C)CCC3. The first kappa shape index (κ1) is 18.0. The minimum absolute atomic E-state index is 0.0359. The van der Waals surface area contributed by atoms with Crippen LogP contribution in [0.2, 0.25) is 0 Å². The summed E-state index contributed by atoms with van der Waals surface area (Å²) in [6, 6.07) is 0.372. The summed E-state index contributed by atoms with van der Waals surface area (Å²) >= 11 is 3.06. The van der Waals surface area contributed by atoms with E-state index in [0.29, 0.717) is 17.0 Å². The molecule has 1 aliphatic carbocycles. The van der Waals surface area contributed by atoms with Crippen molar-refractivity contribution in [3.05, 3.63) is 20.8 Å². The van der Waals surface area contributed by atoms with Gasteiger partial charge in [0.05, 0.1) is 11.1 Å². The van der Waals surface area contributed by atoms with Crippen LogP contribution in [0.3, 0.4) is 0 Å². The normalized spacial score (nSPS) is 19.9. The summed E-state index contributed by atoms with van der Waals surface area (Å²) in [6.07, 6.45) is 7.62. The molecule has 0 saturated carbocycles. The molecule has 26 heavy (non-hydrogen) atoms. The number of amides is 1. The molecule has 0 radical (unpaired) electrons. The van der Waals surface area contributed by atoms with E-state index >= 15 is 0 Å². The molecule has 0 bridgehead atoms. The molecule has 2 aliphatic rings. The van der Waals surface area contributed by atoms with Gasteiger partial charge in [0.1, 0.15) is 4.83 Å². The van der Waals surface area contributed by atoms with Crippen LogP contribution in [0.15, 0.2) is 9.95 Å². The van der Waals surface area contributed by atoms with Gasteiger partial charge in [0.25, 0.3) is 5.56 Å². The Morgan fingerprint density at radius 1 is 1.31 bits per heavy atom. The van der Waals surface area contributed by atoms with Crippen LogP contribution in [0.4, 0.5) is 0 Å². The van der Waals surface area contributed by atoms with Crippen LogP contribution in [0.5, 0.6) is 0 Å². The smallest absolute Gasteiger partial charge is 0.262 e. The molecule has 0 aromatic carbocycles. The summed E-state index contributed by atoms with van der Waals surface area (Å²) in [6.45, 7) is 3.01. The average Bonchev–Trinajstić information content (AvgIpc) is 3.23. The van der Waals surface area contributed by atoms with E-state index < -0.39 is 0 Å². The first-order valence-corrected chi connectivity index (χ1v) is 11.3. The van der Waals surface area contributed by atoms with E-state index in [-0.39, 0.29) is 11.5 Å². The average molecular weight is 392 g/mol. The monoisotopic (exact) mass is 391 g/mol. The maximum atomic E-state index is 12.8. The highest BCUT2D eigenvalue weighted by molar-refractivity contribution is 7.99. The molecule has 140 valence electrons. The quantitative estimate of drug-likeness (QED) is 0.592. The summed E-state index contributed by atoms with van der Waals surface area (Å²) in [4.78, 5) is 34.5. The number of carbonyl (C=O) groups excluding carboxylic acids is 1. The van der Waals surface area contributed by atoms with E-state index in [1.165, 1.54) is 28.6 Å². The number of thioether (sulfide) groups is 1. The lowest BCUT2D eigenvalue weighted by Gasteiger charge is -2.35. The van der Waals surface area contributed by atoms with E-state index in [1.807, 2.05) is 4.90 Å². The van der Waals surface area contributed by atoms with Crippen molar-refractivity contribution in [2.75, 3.05) is 12.3 Å². The van der Waals surface area contributed by atoms with Crippen molar-refractivity contribution in [2.24, 2.45) is 7.05 Å². The number of carbonyl (C=O) groups is 1. The molecule has 2 aromatic heterocycles. The molecule has 1 atom stereocenters. The molecule has 3 heterocycles. The Morgan fingerprint density at radius 2 is 2.15 bits per heavy atom. The van der Waals surface area contributed by atoms with Gasteiger partial charge in [0.2, 0.25) is 5.91 Å². The van der Waals surface area contributed by atoms with Crippen LogP contribution in [0, 0.1) is 0 Å². The van der Waals surface area contributed by atoms with Crippen molar-refractivity contribution < 1.29 is 4.79 Å². The predicted octanol–water partition coefficient (Wildman–Crippen LogP) is 3.37. The van der Waals surface area contributed by atoms with E-state index in [2.05, 4.69) is 6.92 Å². The van der Waals surface area contributed by atoms with Gasteiger partial charge >= 0.3 is 0 Å². The zero-order valence-corrected chi connectivity index (χ0v) is 17.0. The van der Waals surface area contributed by atoms with E-state index in [0.717, 1.165) is 55.3 Å². The minimum Gasteiger partial charge on any atom is -0.339 e. The van der Waals surface area contributed by atoms with Gasteiger partial charge in [-0.05, 0) is 50.5 Å². The van der Waals surface area contributed by atoms with E-state index in [1.54, 1.807) is 23.0 Å². The Bertz CT molecular complexity index is 902. The number of hydrogen-bond acceptors (Lipinski definition) is 5. The van der Waals surface area contributed by atoms with Crippen LogP contribution < -0.4 is 5.56 Å². The minimum atomic E-state index is 0.0359. The molecular formula is C19H25N3O2S2. The molecule has 1 aliphatic heterocycles. The first-order chi connectivity index (χ1) is 12.6. The fourth-order valence-electron chi connectivity index (χ4n) is 4.20. The zero-order chi connectivity index (χ0) is 18.3. The number of fused-ring (bicyclic) bond motifs is 3. The summed E-state index contributed by atoms with van der Waals surface area (Å²) in [5.41, 5.74) is 1.25. The third-order valence-corrected chi connectivity index (χ3v) is 7.85. The molecule has 1 fully saturated rings. The first-order valence-electron chi connectivity index (χ1n) is 9.53. The fraction of sp³-hybridized carbons (Fsp3) is 0.632. The third kappa shape index (κ3) is 3.09. The zero-order valence-electron chi connectivity index (χ0n) is 15.4. The molecule has 2 aromatic rings. The molecular weight excluding hydrogens is 366 g/mol. The number of likely N-dealkylation sites (tertiary alicyclic amines) is 1. The second kappa shape index (κ2) is 7.35. The maximum absolute atomic E-state index is 12.8. The highest BCUT2D eigenvalue weighted by atomic mass is 32.2. The second-order valence-corrected chi connectivity index (χ2v) is 9.26. The van der Waals surface area contributed by atoms with Crippen LogP contribution >= 0.6 is 23.1 Å². The Hall–Kier alpha value is -1.34. The Kier molecular flexibility index (Phi) is 5.10. The van der Waals surface area contributed by atoms with E-state index in [4.69, 9.17) is 4.98 Å². The van der Waals surface area contributed by atoms with Gasteiger partial charge in [0.15, 0.2) is 5.16 Å². The summed E-state index contributed by atoms with van der Waals surface area (Å²) in [5, 5.41) is 1.46. The standard InChI is InChI=1S/C19H25N3O2S2/c1-3-12-7-4-5-10-22(12)15(23)11-25-19-20-17-16(18(24)21(19)2)13-8-6-9-14(13)26-17/h12H,3-11H2,1-2H3/t12-/m1/s1. The molecule has 1 amide bonds. The highest BCUT2D eigenvalue weighted by Gasteiger charge is 2.26. The lowest BCUT2D eigenvalue weighted by molar-refractivity contribution is -0.132. The van der Waals surface area contributed by atoms with Gasteiger partial charge in [-0.1, -0.05) is 18.7 Å². The second-order valence-electron chi connectivity index (χ2n) is 7.23. The van der Waals surface area contributed by atoms with Crippen molar-refractivity contribution in [1.82, 2.24) is 14.5 Å². The number of aryl methyl sites for hydroxylation is 2. The Balaban J connectivity index is 1.55. The number of rotatable bonds is 4. The highest BCUT2D eigenvalue weighted by Crippen LogP contribution is 2.35. The molecule has 0 unspecified atom stereocenters. The van der Waals surface area contributed by atoms with Crippen LogP contribution in [-0.2, 0) is 24.7 Å². The molecule has 5 nitrogen and oxygen atoms in total. The third-order valence-electron chi connectivity index (χ3n) is 5.65. The van der Waals surface area contributed by atoms with Gasteiger partial charge in [-0.3, -0.25) is 14.2 Å². The van der Waals surface area contributed by atoms with Gasteiger partial charge in [-0.25, -0.2) is 4.98 Å². The van der Waals surface area contributed by atoms with Crippen molar-refractivity contribution in [1.29, 1.82) is 0 Å². The van der Waals surface area contributed by atoms with Gasteiger partial charge < -0.3 is 4.90 Å². The molecule has 0 spiro atoms. The lowest BCUT2D eigenvalue weighted by Crippen LogP contribution is -2.44.